The molecule has 46 valence electrons. The largest absolute Gasteiger partial charge is 0.480 e. The lowest BCUT2D eigenvalue weighted by molar-refractivity contribution is -0.138. The fourth-order valence-corrected chi connectivity index (χ4v) is 0.189. The first-order valence-electron chi connectivity index (χ1n) is 1.97. The molecule has 0 aromatic heterocycles. The Morgan fingerprint density at radius 1 is 1.88 bits per heavy atom. The number of nitrogens with zero attached hydrogens (tertiary/aromatic N) is 1. The Morgan fingerprint density at radius 2 is 2.38 bits per heavy atom. The molecule has 0 fully saturated rings. The van der Waals surface area contributed by atoms with Crippen LogP contribution in [0.25, 0.3) is 0 Å². The monoisotopic (exact) mass is 118 g/mol. The van der Waals surface area contributed by atoms with Gasteiger partial charge in [0.1, 0.15) is 0 Å². The zero-order valence-electron chi connectivity index (χ0n) is 4.07. The number of hydrogen-bond donors (Lipinski definition) is 2. The number of rotatable bonds is 3. The minimum atomic E-state index is -1.28. The van der Waals surface area contributed by atoms with Crippen LogP contribution in [0, 0.1) is 4.91 Å². The van der Waals surface area contributed by atoms with Crippen LogP contribution in [0.2, 0.25) is 0 Å². The summed E-state index contributed by atoms with van der Waals surface area (Å²) in [5.41, 5.74) is 4.81. The molecule has 5 heteroatoms. The number of hydrogen-bond acceptors (Lipinski definition) is 4. The zero-order chi connectivity index (χ0) is 6.57. The fraction of sp³-hybridized carbons (Fsp3) is 0.667. The average molecular weight is 118 g/mol. The summed E-state index contributed by atoms with van der Waals surface area (Å²) in [5.74, 6) is -1.28. The van der Waals surface area contributed by atoms with E-state index in [0.717, 1.165) is 0 Å². The predicted molar refractivity (Wildman–Crippen MR) is 26.3 cm³/mol. The number of carboxylic acid groups (broad SMARTS) is 1. The van der Waals surface area contributed by atoms with Crippen molar-refractivity contribution in [1.29, 1.82) is 0 Å². The molecule has 0 saturated carbocycles. The van der Waals surface area contributed by atoms with Crippen LogP contribution in [0.1, 0.15) is 0 Å². The molecule has 0 heterocycles. The van der Waals surface area contributed by atoms with E-state index in [4.69, 9.17) is 10.8 Å². The van der Waals surface area contributed by atoms with Crippen molar-refractivity contribution in [1.82, 2.24) is 0 Å². The van der Waals surface area contributed by atoms with Gasteiger partial charge in [0, 0.05) is 6.54 Å². The quantitative estimate of drug-likeness (QED) is 0.473. The standard InChI is InChI=1S/C3H6N2O3/c4-1-2(5-8)3(6)7/h2H,1,4H2,(H,6,7). The van der Waals surface area contributed by atoms with Gasteiger partial charge in [0.15, 0.2) is 0 Å². The van der Waals surface area contributed by atoms with Crippen molar-refractivity contribution in [3.8, 4) is 0 Å². The summed E-state index contributed by atoms with van der Waals surface area (Å²) in [6.45, 7) is -0.237. The lowest BCUT2D eigenvalue weighted by Gasteiger charge is -1.94. The van der Waals surface area contributed by atoms with Gasteiger partial charge in [-0.3, -0.25) is 0 Å². The first-order chi connectivity index (χ1) is 3.72. The lowest BCUT2D eigenvalue weighted by atomic mass is 10.3. The Labute approximate surface area is 45.5 Å². The first kappa shape index (κ1) is 7.03. The van der Waals surface area contributed by atoms with Crippen molar-refractivity contribution in [2.45, 2.75) is 6.04 Å². The van der Waals surface area contributed by atoms with Crippen LogP contribution in [0.3, 0.4) is 0 Å². The average Bonchev–Trinajstić information content (AvgIpc) is 1.69. The molecule has 0 aliphatic rings. The molecule has 0 aliphatic heterocycles. The summed E-state index contributed by atoms with van der Waals surface area (Å²) in [5, 5.41) is 10.2. The molecule has 0 radical (unpaired) electrons. The third-order valence-electron chi connectivity index (χ3n) is 0.636. The molecule has 1 unspecified atom stereocenters. The van der Waals surface area contributed by atoms with E-state index < -0.39 is 12.0 Å². The highest BCUT2D eigenvalue weighted by Gasteiger charge is 2.13. The Balaban J connectivity index is 3.69. The summed E-state index contributed by atoms with van der Waals surface area (Å²) in [6.07, 6.45) is 0. The van der Waals surface area contributed by atoms with Gasteiger partial charge in [-0.2, -0.15) is 0 Å². The van der Waals surface area contributed by atoms with E-state index in [1.54, 1.807) is 0 Å². The van der Waals surface area contributed by atoms with Gasteiger partial charge in [-0.15, -0.1) is 4.91 Å². The number of nitroso groups, excluding NO2 is 1. The summed E-state index contributed by atoms with van der Waals surface area (Å²) < 4.78 is 0. The van der Waals surface area contributed by atoms with Gasteiger partial charge >= 0.3 is 5.97 Å². The third kappa shape index (κ3) is 1.65. The maximum absolute atomic E-state index is 9.79. The van der Waals surface area contributed by atoms with Crippen molar-refractivity contribution in [2.24, 2.45) is 10.9 Å². The Bertz CT molecular complexity index is 103. The van der Waals surface area contributed by atoms with Gasteiger partial charge in [0.25, 0.3) is 0 Å². The van der Waals surface area contributed by atoms with Crippen LogP contribution in [-0.2, 0) is 4.79 Å². The van der Waals surface area contributed by atoms with E-state index in [1.807, 2.05) is 0 Å². The number of nitrogens with two attached hydrogens (primary N) is 1. The highest BCUT2D eigenvalue weighted by Crippen LogP contribution is 1.84. The van der Waals surface area contributed by atoms with Crippen LogP contribution in [0.15, 0.2) is 5.18 Å². The second kappa shape index (κ2) is 3.09. The van der Waals surface area contributed by atoms with Crippen LogP contribution in [-0.4, -0.2) is 23.7 Å². The molecule has 0 spiro atoms. The smallest absolute Gasteiger partial charge is 0.333 e. The molecular formula is C3H6N2O3. The summed E-state index contributed by atoms with van der Waals surface area (Å²) in [4.78, 5) is 19.3. The van der Waals surface area contributed by atoms with Gasteiger partial charge in [0.05, 0.1) is 0 Å². The molecule has 1 atom stereocenters. The highest BCUT2D eigenvalue weighted by atomic mass is 16.4. The molecule has 0 rings (SSSR count). The summed E-state index contributed by atoms with van der Waals surface area (Å²) in [7, 11) is 0. The number of carbonyl (C=O) groups is 1. The number of carboxylic acids is 1. The molecule has 0 bridgehead atoms. The summed E-state index contributed by atoms with van der Waals surface area (Å²) in [6, 6.07) is -1.28. The Morgan fingerprint density at radius 3 is 2.38 bits per heavy atom. The SMILES string of the molecule is NCC(N=O)C(=O)O. The van der Waals surface area contributed by atoms with Crippen LogP contribution >= 0.6 is 0 Å². The van der Waals surface area contributed by atoms with E-state index in [9.17, 15) is 9.70 Å². The predicted octanol–water partition coefficient (Wildman–Crippen LogP) is -0.835. The van der Waals surface area contributed by atoms with Crippen molar-refractivity contribution >= 4 is 5.97 Å². The molecule has 0 saturated heterocycles. The third-order valence-corrected chi connectivity index (χ3v) is 0.636. The molecule has 3 N–H and O–H groups in total. The Kier molecular flexibility index (Phi) is 2.71. The molecule has 0 aliphatic carbocycles. The maximum Gasteiger partial charge on any atom is 0.333 e. The van der Waals surface area contributed by atoms with E-state index >= 15 is 0 Å². The first-order valence-corrected chi connectivity index (χ1v) is 1.97. The molecular weight excluding hydrogens is 112 g/mol. The van der Waals surface area contributed by atoms with Gasteiger partial charge < -0.3 is 10.8 Å². The highest BCUT2D eigenvalue weighted by molar-refractivity contribution is 5.73. The van der Waals surface area contributed by atoms with Crippen LogP contribution in [0.5, 0.6) is 0 Å². The summed E-state index contributed by atoms with van der Waals surface area (Å²) >= 11 is 0. The normalized spacial score (nSPS) is 12.6. The lowest BCUT2D eigenvalue weighted by Crippen LogP contribution is -2.26. The van der Waals surface area contributed by atoms with Gasteiger partial charge in [-0.25, -0.2) is 4.79 Å². The van der Waals surface area contributed by atoms with Crippen molar-refractivity contribution < 1.29 is 9.90 Å². The van der Waals surface area contributed by atoms with Crippen LogP contribution in [0.4, 0.5) is 0 Å². The molecule has 8 heavy (non-hydrogen) atoms. The fourth-order valence-electron chi connectivity index (χ4n) is 0.189. The topological polar surface area (TPSA) is 92.8 Å². The molecule has 0 aromatic rings. The van der Waals surface area contributed by atoms with E-state index in [2.05, 4.69) is 5.18 Å². The van der Waals surface area contributed by atoms with Gasteiger partial charge in [-0.1, -0.05) is 5.18 Å². The molecule has 0 amide bonds. The Hall–Kier alpha value is -0.970. The van der Waals surface area contributed by atoms with E-state index in [1.165, 1.54) is 0 Å². The number of aliphatic carboxylic acids is 1. The van der Waals surface area contributed by atoms with E-state index in [0.29, 0.717) is 0 Å². The minimum Gasteiger partial charge on any atom is -0.480 e. The zero-order valence-corrected chi connectivity index (χ0v) is 4.07. The van der Waals surface area contributed by atoms with Crippen LogP contribution < -0.4 is 5.73 Å². The van der Waals surface area contributed by atoms with E-state index in [-0.39, 0.29) is 6.54 Å². The van der Waals surface area contributed by atoms with Gasteiger partial charge in [-0.05, 0) is 0 Å². The van der Waals surface area contributed by atoms with Crippen molar-refractivity contribution in [3.63, 3.8) is 0 Å². The molecule has 0 aromatic carbocycles. The maximum atomic E-state index is 9.79. The molecule has 5 nitrogen and oxygen atoms in total. The minimum absolute atomic E-state index is 0.237. The second-order valence-electron chi connectivity index (χ2n) is 1.20. The second-order valence-corrected chi connectivity index (χ2v) is 1.20. The van der Waals surface area contributed by atoms with Crippen molar-refractivity contribution in [3.05, 3.63) is 4.91 Å². The van der Waals surface area contributed by atoms with Crippen molar-refractivity contribution in [2.75, 3.05) is 6.54 Å². The van der Waals surface area contributed by atoms with Gasteiger partial charge in [0.2, 0.25) is 6.04 Å².